The standard InChI is InChI=1S/C28H21NO3/c1-31-27-17-23-22-9-5-6-10-25(22)32-26(23)18-24(27)29-28(30)16-13-19-11-14-21(15-12-19)20-7-3-2-4-8-20/h2-18H,1H3,(H,29,30)/b16-13+. The number of furan rings is 1. The molecule has 0 unspecified atom stereocenters. The maximum atomic E-state index is 12.6. The lowest BCUT2D eigenvalue weighted by atomic mass is 10.0. The van der Waals surface area contributed by atoms with Crippen molar-refractivity contribution in [2.75, 3.05) is 12.4 Å². The molecule has 0 bridgehead atoms. The molecule has 4 aromatic carbocycles. The Hall–Kier alpha value is -4.31. The molecule has 4 heteroatoms. The highest BCUT2D eigenvalue weighted by atomic mass is 16.5. The van der Waals surface area contributed by atoms with E-state index in [1.807, 2.05) is 72.8 Å². The van der Waals surface area contributed by atoms with Gasteiger partial charge in [0, 0.05) is 22.9 Å². The molecule has 0 radical (unpaired) electrons. The second-order valence-corrected chi connectivity index (χ2v) is 7.46. The number of para-hydroxylation sites is 1. The van der Waals surface area contributed by atoms with Crippen LogP contribution in [0.25, 0.3) is 39.1 Å². The third-order valence-corrected chi connectivity index (χ3v) is 5.40. The second-order valence-electron chi connectivity index (χ2n) is 7.46. The van der Waals surface area contributed by atoms with E-state index in [1.54, 1.807) is 19.3 Å². The number of methoxy groups -OCH3 is 1. The van der Waals surface area contributed by atoms with Gasteiger partial charge in [-0.25, -0.2) is 0 Å². The van der Waals surface area contributed by atoms with Gasteiger partial charge in [0.15, 0.2) is 0 Å². The van der Waals surface area contributed by atoms with Gasteiger partial charge in [-0.3, -0.25) is 4.79 Å². The third-order valence-electron chi connectivity index (χ3n) is 5.40. The van der Waals surface area contributed by atoms with Gasteiger partial charge in [-0.1, -0.05) is 72.8 Å². The zero-order valence-corrected chi connectivity index (χ0v) is 17.5. The van der Waals surface area contributed by atoms with Gasteiger partial charge in [0.25, 0.3) is 0 Å². The minimum atomic E-state index is -0.245. The average Bonchev–Trinajstić information content (AvgIpc) is 3.20. The van der Waals surface area contributed by atoms with Crippen molar-refractivity contribution in [3.05, 3.63) is 103 Å². The molecule has 0 atom stereocenters. The number of carbonyl (C=O) groups is 1. The molecule has 5 rings (SSSR count). The fourth-order valence-corrected chi connectivity index (χ4v) is 3.78. The Bertz CT molecular complexity index is 1430. The highest BCUT2D eigenvalue weighted by Gasteiger charge is 2.13. The van der Waals surface area contributed by atoms with Crippen molar-refractivity contribution in [2.24, 2.45) is 0 Å². The number of ether oxygens (including phenoxy) is 1. The molecule has 0 aliphatic carbocycles. The van der Waals surface area contributed by atoms with Crippen LogP contribution in [0.5, 0.6) is 5.75 Å². The maximum absolute atomic E-state index is 12.6. The summed E-state index contributed by atoms with van der Waals surface area (Å²) < 4.78 is 11.4. The number of fused-ring (bicyclic) bond motifs is 3. The Labute approximate surface area is 185 Å². The summed E-state index contributed by atoms with van der Waals surface area (Å²) in [6.45, 7) is 0. The highest BCUT2D eigenvalue weighted by Crippen LogP contribution is 2.36. The van der Waals surface area contributed by atoms with E-state index in [4.69, 9.17) is 9.15 Å². The Morgan fingerprint density at radius 1 is 0.812 bits per heavy atom. The van der Waals surface area contributed by atoms with Crippen LogP contribution >= 0.6 is 0 Å². The summed E-state index contributed by atoms with van der Waals surface area (Å²) in [5, 5.41) is 4.85. The highest BCUT2D eigenvalue weighted by molar-refractivity contribution is 6.09. The van der Waals surface area contributed by atoms with Crippen LogP contribution in [-0.2, 0) is 4.79 Å². The summed E-state index contributed by atoms with van der Waals surface area (Å²) in [5.74, 6) is 0.337. The van der Waals surface area contributed by atoms with Gasteiger partial charge in [-0.15, -0.1) is 0 Å². The lowest BCUT2D eigenvalue weighted by Crippen LogP contribution is -2.08. The van der Waals surface area contributed by atoms with E-state index >= 15 is 0 Å². The fraction of sp³-hybridized carbons (Fsp3) is 0.0357. The maximum Gasteiger partial charge on any atom is 0.248 e. The van der Waals surface area contributed by atoms with Gasteiger partial charge in [-0.05, 0) is 34.9 Å². The predicted molar refractivity (Wildman–Crippen MR) is 130 cm³/mol. The number of carbonyl (C=O) groups excluding carboxylic acids is 1. The number of hydrogen-bond acceptors (Lipinski definition) is 3. The molecule has 1 N–H and O–H groups in total. The Morgan fingerprint density at radius 2 is 1.53 bits per heavy atom. The molecule has 0 spiro atoms. The number of rotatable bonds is 5. The molecule has 0 aliphatic rings. The molecule has 5 aromatic rings. The number of benzene rings is 4. The minimum Gasteiger partial charge on any atom is -0.495 e. The zero-order chi connectivity index (χ0) is 21.9. The number of anilines is 1. The molecule has 0 saturated carbocycles. The van der Waals surface area contributed by atoms with Crippen molar-refractivity contribution >= 4 is 39.6 Å². The van der Waals surface area contributed by atoms with Crippen LogP contribution in [0, 0.1) is 0 Å². The lowest BCUT2D eigenvalue weighted by molar-refractivity contribution is -0.111. The van der Waals surface area contributed by atoms with Gasteiger partial charge in [0.1, 0.15) is 16.9 Å². The van der Waals surface area contributed by atoms with Crippen molar-refractivity contribution < 1.29 is 13.9 Å². The minimum absolute atomic E-state index is 0.245. The summed E-state index contributed by atoms with van der Waals surface area (Å²) in [7, 11) is 1.59. The van der Waals surface area contributed by atoms with E-state index in [0.29, 0.717) is 17.0 Å². The fourth-order valence-electron chi connectivity index (χ4n) is 3.78. The lowest BCUT2D eigenvalue weighted by Gasteiger charge is -2.09. The van der Waals surface area contributed by atoms with Crippen molar-refractivity contribution in [2.45, 2.75) is 0 Å². The smallest absolute Gasteiger partial charge is 0.248 e. The molecular formula is C28H21NO3. The van der Waals surface area contributed by atoms with E-state index in [-0.39, 0.29) is 5.91 Å². The van der Waals surface area contributed by atoms with Crippen LogP contribution in [-0.4, -0.2) is 13.0 Å². The zero-order valence-electron chi connectivity index (χ0n) is 17.5. The van der Waals surface area contributed by atoms with E-state index in [2.05, 4.69) is 17.4 Å². The van der Waals surface area contributed by atoms with Gasteiger partial charge >= 0.3 is 0 Å². The van der Waals surface area contributed by atoms with Crippen molar-refractivity contribution in [3.63, 3.8) is 0 Å². The van der Waals surface area contributed by atoms with Gasteiger partial charge in [0.2, 0.25) is 5.91 Å². The summed E-state index contributed by atoms with van der Waals surface area (Å²) in [6, 6.07) is 29.8. The summed E-state index contributed by atoms with van der Waals surface area (Å²) in [5.41, 5.74) is 5.30. The van der Waals surface area contributed by atoms with Crippen molar-refractivity contribution in [1.29, 1.82) is 0 Å². The molecule has 4 nitrogen and oxygen atoms in total. The van der Waals surface area contributed by atoms with Crippen LogP contribution in [0.3, 0.4) is 0 Å². The van der Waals surface area contributed by atoms with E-state index in [1.165, 1.54) is 6.08 Å². The summed E-state index contributed by atoms with van der Waals surface area (Å²) >= 11 is 0. The first kappa shape index (κ1) is 19.6. The average molecular weight is 419 g/mol. The van der Waals surface area contributed by atoms with Gasteiger partial charge in [-0.2, -0.15) is 0 Å². The number of nitrogens with one attached hydrogen (secondary N) is 1. The molecule has 1 aromatic heterocycles. The Morgan fingerprint density at radius 3 is 2.31 bits per heavy atom. The van der Waals surface area contributed by atoms with Gasteiger partial charge in [0.05, 0.1) is 12.8 Å². The normalized spacial score (nSPS) is 11.3. The molecular weight excluding hydrogens is 398 g/mol. The molecule has 156 valence electrons. The number of amides is 1. The topological polar surface area (TPSA) is 51.5 Å². The van der Waals surface area contributed by atoms with Crippen LogP contribution in [0.4, 0.5) is 5.69 Å². The molecule has 1 amide bonds. The van der Waals surface area contributed by atoms with E-state index < -0.39 is 0 Å². The first-order valence-electron chi connectivity index (χ1n) is 10.3. The Balaban J connectivity index is 1.35. The monoisotopic (exact) mass is 419 g/mol. The van der Waals surface area contributed by atoms with Crippen LogP contribution < -0.4 is 10.1 Å². The first-order valence-corrected chi connectivity index (χ1v) is 10.3. The second kappa shape index (κ2) is 8.44. The predicted octanol–water partition coefficient (Wildman–Crippen LogP) is 6.91. The van der Waals surface area contributed by atoms with E-state index in [9.17, 15) is 4.79 Å². The van der Waals surface area contributed by atoms with Crippen LogP contribution in [0.2, 0.25) is 0 Å². The molecule has 1 heterocycles. The van der Waals surface area contributed by atoms with Gasteiger partial charge < -0.3 is 14.5 Å². The number of hydrogen-bond donors (Lipinski definition) is 1. The summed E-state index contributed by atoms with van der Waals surface area (Å²) in [4.78, 5) is 12.6. The molecule has 0 fully saturated rings. The third kappa shape index (κ3) is 3.86. The van der Waals surface area contributed by atoms with Crippen LogP contribution in [0.1, 0.15) is 5.56 Å². The van der Waals surface area contributed by atoms with E-state index in [0.717, 1.165) is 33.0 Å². The summed E-state index contributed by atoms with van der Waals surface area (Å²) in [6.07, 6.45) is 3.30. The van der Waals surface area contributed by atoms with Crippen LogP contribution in [0.15, 0.2) is 101 Å². The largest absolute Gasteiger partial charge is 0.495 e. The SMILES string of the molecule is COc1cc2c(cc1NC(=O)/C=C/c1ccc(-c3ccccc3)cc1)oc1ccccc12. The molecule has 0 aliphatic heterocycles. The first-order chi connectivity index (χ1) is 15.7. The molecule has 32 heavy (non-hydrogen) atoms. The van der Waals surface area contributed by atoms with Crippen molar-refractivity contribution in [1.82, 2.24) is 0 Å². The quantitative estimate of drug-likeness (QED) is 0.315. The van der Waals surface area contributed by atoms with Crippen molar-refractivity contribution in [3.8, 4) is 16.9 Å². The molecule has 0 saturated heterocycles. The Kier molecular flexibility index (Phi) is 5.18.